The highest BCUT2D eigenvalue weighted by molar-refractivity contribution is 5.77. The van der Waals surface area contributed by atoms with Crippen LogP contribution in [0.15, 0.2) is 24.4 Å². The van der Waals surface area contributed by atoms with Gasteiger partial charge in [-0.2, -0.15) is 0 Å². The van der Waals surface area contributed by atoms with E-state index in [9.17, 15) is 4.79 Å². The number of hydrogen-bond donors (Lipinski definition) is 0. The molecule has 1 spiro atoms. The van der Waals surface area contributed by atoms with Crippen molar-refractivity contribution in [2.24, 2.45) is 11.8 Å². The lowest BCUT2D eigenvalue weighted by Crippen LogP contribution is -2.66. The van der Waals surface area contributed by atoms with Crippen molar-refractivity contribution in [2.75, 3.05) is 26.3 Å². The first kappa shape index (κ1) is 16.4. The summed E-state index contributed by atoms with van der Waals surface area (Å²) in [6.07, 6.45) is 3.41. The molecule has 0 aliphatic carbocycles. The fourth-order valence-corrected chi connectivity index (χ4v) is 3.41. The van der Waals surface area contributed by atoms with Gasteiger partial charge in [-0.15, -0.1) is 0 Å². The van der Waals surface area contributed by atoms with Gasteiger partial charge in [-0.25, -0.2) is 0 Å². The molecular weight excluding hydrogens is 292 g/mol. The van der Waals surface area contributed by atoms with E-state index in [0.717, 1.165) is 31.8 Å². The Morgan fingerprint density at radius 2 is 2.30 bits per heavy atom. The maximum absolute atomic E-state index is 12.1. The van der Waals surface area contributed by atoms with E-state index < -0.39 is 0 Å². The average Bonchev–Trinajstić information content (AvgIpc) is 2.90. The number of hydrogen-bond acceptors (Lipinski definition) is 4. The minimum atomic E-state index is -0.170. The fraction of sp³-hybridized carbons (Fsp3) is 0.667. The normalized spacial score (nSPS) is 22.6. The van der Waals surface area contributed by atoms with Crippen molar-refractivity contribution in [3.8, 4) is 0 Å². The van der Waals surface area contributed by atoms with Crippen LogP contribution >= 0.6 is 0 Å². The number of nitrogens with zero attached hydrogens (tertiary/aromatic N) is 2. The number of carbonyl (C=O) groups excluding carboxylic acids is 1. The van der Waals surface area contributed by atoms with E-state index in [0.29, 0.717) is 31.5 Å². The molecule has 2 saturated heterocycles. The van der Waals surface area contributed by atoms with Gasteiger partial charge in [0.15, 0.2) is 0 Å². The second-order valence-corrected chi connectivity index (χ2v) is 7.08. The van der Waals surface area contributed by atoms with Crippen molar-refractivity contribution in [3.05, 3.63) is 30.1 Å². The molecule has 126 valence electrons. The molecule has 2 fully saturated rings. The highest BCUT2D eigenvalue weighted by atomic mass is 16.5. The summed E-state index contributed by atoms with van der Waals surface area (Å²) in [4.78, 5) is 18.3. The Balaban J connectivity index is 1.46. The van der Waals surface area contributed by atoms with Crippen LogP contribution in [0.25, 0.3) is 0 Å². The molecular formula is C18H26N2O3. The number of rotatable bonds is 6. The first-order valence-electron chi connectivity index (χ1n) is 8.48. The zero-order valence-electron chi connectivity index (χ0n) is 14.0. The largest absolute Gasteiger partial charge is 0.375 e. The summed E-state index contributed by atoms with van der Waals surface area (Å²) < 4.78 is 11.8. The smallest absolute Gasteiger partial charge is 0.223 e. The first-order valence-corrected chi connectivity index (χ1v) is 8.48. The number of pyridine rings is 1. The Labute approximate surface area is 138 Å². The zero-order chi connectivity index (χ0) is 16.3. The van der Waals surface area contributed by atoms with E-state index in [1.807, 2.05) is 23.1 Å². The quantitative estimate of drug-likeness (QED) is 0.807. The van der Waals surface area contributed by atoms with Crippen LogP contribution in [0.4, 0.5) is 0 Å². The maximum Gasteiger partial charge on any atom is 0.223 e. The lowest BCUT2D eigenvalue weighted by Gasteiger charge is -2.50. The first-order chi connectivity index (χ1) is 11.1. The van der Waals surface area contributed by atoms with E-state index in [4.69, 9.17) is 9.47 Å². The van der Waals surface area contributed by atoms with Crippen LogP contribution < -0.4 is 0 Å². The SMILES string of the molecule is CC(C)CC(=O)N1CC2(C1)OCC[C@H]2COCc1ccccn1. The lowest BCUT2D eigenvalue weighted by molar-refractivity contribution is -0.169. The van der Waals surface area contributed by atoms with Crippen LogP contribution in [0.2, 0.25) is 0 Å². The van der Waals surface area contributed by atoms with Crippen LogP contribution in [-0.4, -0.2) is 47.7 Å². The van der Waals surface area contributed by atoms with Crippen LogP contribution in [0.5, 0.6) is 0 Å². The van der Waals surface area contributed by atoms with Gasteiger partial charge < -0.3 is 14.4 Å². The van der Waals surface area contributed by atoms with Crippen LogP contribution in [-0.2, 0) is 20.9 Å². The second-order valence-electron chi connectivity index (χ2n) is 7.08. The topological polar surface area (TPSA) is 51.7 Å². The minimum absolute atomic E-state index is 0.170. The predicted molar refractivity (Wildman–Crippen MR) is 86.7 cm³/mol. The molecule has 23 heavy (non-hydrogen) atoms. The molecule has 0 bridgehead atoms. The summed E-state index contributed by atoms with van der Waals surface area (Å²) in [5.41, 5.74) is 0.777. The second kappa shape index (κ2) is 6.97. The third kappa shape index (κ3) is 3.72. The molecule has 5 nitrogen and oxygen atoms in total. The molecule has 1 aromatic rings. The van der Waals surface area contributed by atoms with Crippen LogP contribution in [0, 0.1) is 11.8 Å². The Kier molecular flexibility index (Phi) is 4.97. The van der Waals surface area contributed by atoms with E-state index >= 15 is 0 Å². The molecule has 5 heteroatoms. The molecule has 2 aliphatic rings. The lowest BCUT2D eigenvalue weighted by atomic mass is 9.81. The number of carbonyl (C=O) groups is 1. The maximum atomic E-state index is 12.1. The Hall–Kier alpha value is -1.46. The van der Waals surface area contributed by atoms with Gasteiger partial charge in [0.25, 0.3) is 0 Å². The molecule has 0 radical (unpaired) electrons. The zero-order valence-corrected chi connectivity index (χ0v) is 14.0. The van der Waals surface area contributed by atoms with Gasteiger partial charge in [-0.05, 0) is 24.5 Å². The molecule has 0 aromatic carbocycles. The van der Waals surface area contributed by atoms with Crippen molar-refractivity contribution < 1.29 is 14.3 Å². The van der Waals surface area contributed by atoms with Crippen LogP contribution in [0.1, 0.15) is 32.4 Å². The van der Waals surface area contributed by atoms with Crippen molar-refractivity contribution in [1.82, 2.24) is 9.88 Å². The van der Waals surface area contributed by atoms with Crippen LogP contribution in [0.3, 0.4) is 0 Å². The Morgan fingerprint density at radius 3 is 3.00 bits per heavy atom. The van der Waals surface area contributed by atoms with Crippen molar-refractivity contribution >= 4 is 5.91 Å². The molecule has 3 heterocycles. The van der Waals surface area contributed by atoms with Gasteiger partial charge in [0.05, 0.1) is 32.0 Å². The Bertz CT molecular complexity index is 526. The summed E-state index contributed by atoms with van der Waals surface area (Å²) >= 11 is 0. The third-order valence-electron chi connectivity index (χ3n) is 4.75. The standard InChI is InChI=1S/C18H26N2O3/c1-14(2)9-17(21)20-12-18(13-20)15(6-8-23-18)10-22-11-16-5-3-4-7-19-16/h3-5,7,14-15H,6,8-13H2,1-2H3/t15-/m0/s1. The minimum Gasteiger partial charge on any atom is -0.375 e. The molecule has 0 saturated carbocycles. The van der Waals surface area contributed by atoms with Gasteiger partial charge in [-0.3, -0.25) is 9.78 Å². The van der Waals surface area contributed by atoms with E-state index in [-0.39, 0.29) is 11.5 Å². The molecule has 0 N–H and O–H groups in total. The van der Waals surface area contributed by atoms with Crippen molar-refractivity contribution in [3.63, 3.8) is 0 Å². The molecule has 3 rings (SSSR count). The highest BCUT2D eigenvalue weighted by Crippen LogP contribution is 2.40. The van der Waals surface area contributed by atoms with Crippen molar-refractivity contribution in [1.29, 1.82) is 0 Å². The van der Waals surface area contributed by atoms with Crippen molar-refractivity contribution in [2.45, 2.75) is 38.9 Å². The average molecular weight is 318 g/mol. The number of likely N-dealkylation sites (tertiary alicyclic amines) is 1. The summed E-state index contributed by atoms with van der Waals surface area (Å²) in [6, 6.07) is 5.84. The summed E-state index contributed by atoms with van der Waals surface area (Å²) in [5.74, 6) is 1.02. The van der Waals surface area contributed by atoms with Gasteiger partial charge in [0.1, 0.15) is 5.60 Å². The van der Waals surface area contributed by atoms with Gasteiger partial charge >= 0.3 is 0 Å². The molecule has 1 atom stereocenters. The number of amides is 1. The summed E-state index contributed by atoms with van der Waals surface area (Å²) in [7, 11) is 0. The summed E-state index contributed by atoms with van der Waals surface area (Å²) in [5, 5.41) is 0. The van der Waals surface area contributed by atoms with Gasteiger partial charge in [-0.1, -0.05) is 19.9 Å². The van der Waals surface area contributed by atoms with Gasteiger partial charge in [0, 0.05) is 25.1 Å². The molecule has 2 aliphatic heterocycles. The van der Waals surface area contributed by atoms with E-state index in [1.165, 1.54) is 0 Å². The van der Waals surface area contributed by atoms with E-state index in [1.54, 1.807) is 6.20 Å². The van der Waals surface area contributed by atoms with E-state index in [2.05, 4.69) is 18.8 Å². The Morgan fingerprint density at radius 1 is 1.48 bits per heavy atom. The fourth-order valence-electron chi connectivity index (χ4n) is 3.41. The number of aromatic nitrogens is 1. The molecule has 0 unspecified atom stereocenters. The third-order valence-corrected chi connectivity index (χ3v) is 4.75. The molecule has 1 aromatic heterocycles. The van der Waals surface area contributed by atoms with Gasteiger partial charge in [0.2, 0.25) is 5.91 Å². The molecule has 1 amide bonds. The predicted octanol–water partition coefficient (Wildman–Crippen LogP) is 2.26. The number of ether oxygens (including phenoxy) is 2. The summed E-state index contributed by atoms with van der Waals surface area (Å²) in [6.45, 7) is 7.56. The monoisotopic (exact) mass is 318 g/mol. The highest BCUT2D eigenvalue weighted by Gasteiger charge is 2.54.